The summed E-state index contributed by atoms with van der Waals surface area (Å²) < 4.78 is 46.9. The molecule has 2 aromatic heterocycles. The maximum Gasteiger partial charge on any atom is 0.415 e. The molecule has 3 aromatic rings. The Morgan fingerprint density at radius 3 is 2.27 bits per heavy atom. The van der Waals surface area contributed by atoms with Crippen molar-refractivity contribution in [3.63, 3.8) is 0 Å². The van der Waals surface area contributed by atoms with Crippen LogP contribution in [0.25, 0.3) is 0 Å². The lowest BCUT2D eigenvalue weighted by Gasteiger charge is -2.20. The van der Waals surface area contributed by atoms with Gasteiger partial charge in [-0.3, -0.25) is 14.4 Å². The third-order valence-electron chi connectivity index (χ3n) is 4.84. The number of hydrogen-bond donors (Lipinski definition) is 2. The second kappa shape index (κ2) is 10.2. The van der Waals surface area contributed by atoms with Gasteiger partial charge in [0.05, 0.1) is 6.26 Å². The summed E-state index contributed by atoms with van der Waals surface area (Å²) in [5.41, 5.74) is -0.904. The van der Waals surface area contributed by atoms with Crippen LogP contribution in [0, 0.1) is 0 Å². The summed E-state index contributed by atoms with van der Waals surface area (Å²) in [4.78, 5) is 38.0. The zero-order chi connectivity index (χ0) is 24.0. The van der Waals surface area contributed by atoms with Crippen molar-refractivity contribution >= 4 is 11.8 Å². The fourth-order valence-electron chi connectivity index (χ4n) is 3.22. The number of halogens is 3. The number of pyridine rings is 1. The van der Waals surface area contributed by atoms with Gasteiger partial charge >= 0.3 is 6.18 Å². The van der Waals surface area contributed by atoms with E-state index in [4.69, 9.17) is 4.42 Å². The van der Waals surface area contributed by atoms with E-state index in [0.29, 0.717) is 6.42 Å². The Morgan fingerprint density at radius 1 is 1.03 bits per heavy atom. The average molecular weight is 461 g/mol. The number of rotatable bonds is 8. The molecule has 0 spiro atoms. The molecule has 0 fully saturated rings. The van der Waals surface area contributed by atoms with E-state index in [9.17, 15) is 27.6 Å². The lowest BCUT2D eigenvalue weighted by Crippen LogP contribution is -2.41. The molecule has 1 aromatic carbocycles. The Labute approximate surface area is 187 Å². The third-order valence-corrected chi connectivity index (χ3v) is 4.84. The second-order valence-electron chi connectivity index (χ2n) is 7.21. The molecule has 2 heterocycles. The lowest BCUT2D eigenvalue weighted by molar-refractivity contribution is -0.159. The average Bonchev–Trinajstić information content (AvgIpc) is 3.31. The molecular formula is C23H22F3N3O4. The number of nitrogens with zero attached hydrogens (tertiary/aromatic N) is 1. The highest BCUT2D eigenvalue weighted by atomic mass is 19.4. The summed E-state index contributed by atoms with van der Waals surface area (Å²) in [6.07, 6.45) is -0.861. The summed E-state index contributed by atoms with van der Waals surface area (Å²) in [5, 5.41) is 4.29. The van der Waals surface area contributed by atoms with E-state index in [-0.39, 0.29) is 18.7 Å². The van der Waals surface area contributed by atoms with Crippen molar-refractivity contribution in [3.05, 3.63) is 93.8 Å². The highest BCUT2D eigenvalue weighted by molar-refractivity contribution is 5.99. The van der Waals surface area contributed by atoms with Crippen LogP contribution in [-0.2, 0) is 13.0 Å². The maximum absolute atomic E-state index is 13.5. The molecule has 7 nitrogen and oxygen atoms in total. The van der Waals surface area contributed by atoms with Crippen LogP contribution in [0.3, 0.4) is 0 Å². The van der Waals surface area contributed by atoms with E-state index in [1.807, 2.05) is 35.6 Å². The minimum Gasteiger partial charge on any atom is -0.467 e. The van der Waals surface area contributed by atoms with Gasteiger partial charge in [0.15, 0.2) is 6.04 Å². The lowest BCUT2D eigenvalue weighted by atomic mass is 10.1. The summed E-state index contributed by atoms with van der Waals surface area (Å²) in [6.45, 7) is 2.17. The van der Waals surface area contributed by atoms with Crippen molar-refractivity contribution in [2.75, 3.05) is 6.54 Å². The van der Waals surface area contributed by atoms with Gasteiger partial charge in [-0.1, -0.05) is 30.3 Å². The molecule has 3 rings (SSSR count). The van der Waals surface area contributed by atoms with Crippen molar-refractivity contribution in [3.8, 4) is 0 Å². The van der Waals surface area contributed by atoms with Gasteiger partial charge in [0.25, 0.3) is 11.8 Å². The summed E-state index contributed by atoms with van der Waals surface area (Å²) in [7, 11) is 0. The number of benzene rings is 1. The van der Waals surface area contributed by atoms with Gasteiger partial charge < -0.3 is 19.6 Å². The molecule has 0 aliphatic heterocycles. The molecule has 0 radical (unpaired) electrons. The normalized spacial score (nSPS) is 12.2. The molecule has 0 aliphatic carbocycles. The predicted molar refractivity (Wildman–Crippen MR) is 114 cm³/mol. The Bertz CT molecular complexity index is 1160. The number of aryl methyl sites for hydroxylation is 2. The monoisotopic (exact) mass is 461 g/mol. The molecule has 2 amide bonds. The topological polar surface area (TPSA) is 93.3 Å². The molecular weight excluding hydrogens is 439 g/mol. The van der Waals surface area contributed by atoms with Crippen LogP contribution in [0.1, 0.15) is 45.0 Å². The van der Waals surface area contributed by atoms with Crippen LogP contribution in [0.15, 0.2) is 70.3 Å². The molecule has 0 bridgehead atoms. The number of nitrogens with one attached hydrogen (secondary N) is 2. The fraction of sp³-hybridized carbons (Fsp3) is 0.261. The Kier molecular flexibility index (Phi) is 7.37. The third kappa shape index (κ3) is 5.91. The van der Waals surface area contributed by atoms with Gasteiger partial charge in [-0.2, -0.15) is 13.2 Å². The minimum absolute atomic E-state index is 0.230. The van der Waals surface area contributed by atoms with Crippen molar-refractivity contribution in [1.82, 2.24) is 15.2 Å². The van der Waals surface area contributed by atoms with Gasteiger partial charge in [-0.05, 0) is 31.0 Å². The standard InChI is InChI=1S/C23H22F3N3O4/c1-2-27-21(31)16-13-29(11-10-15-7-4-3-5-8-15)14-17(19(16)30)22(32)28-20(23(24,25)26)18-9-6-12-33-18/h3-9,12-14,20H,2,10-11H2,1H3,(H,27,31)(H,28,32)/t20-/m1/s1. The van der Waals surface area contributed by atoms with Gasteiger partial charge in [-0.15, -0.1) is 0 Å². The molecule has 0 saturated carbocycles. The zero-order valence-corrected chi connectivity index (χ0v) is 17.7. The van der Waals surface area contributed by atoms with Crippen LogP contribution in [0.5, 0.6) is 0 Å². The first-order valence-corrected chi connectivity index (χ1v) is 10.2. The number of furan rings is 1. The Balaban J connectivity index is 1.96. The van der Waals surface area contributed by atoms with Gasteiger partial charge in [0.2, 0.25) is 5.43 Å². The summed E-state index contributed by atoms with van der Waals surface area (Å²) in [6, 6.07) is 9.21. The second-order valence-corrected chi connectivity index (χ2v) is 7.21. The fourth-order valence-corrected chi connectivity index (χ4v) is 3.22. The van der Waals surface area contributed by atoms with Crippen molar-refractivity contribution < 1.29 is 27.2 Å². The van der Waals surface area contributed by atoms with Crippen LogP contribution in [0.2, 0.25) is 0 Å². The van der Waals surface area contributed by atoms with Crippen LogP contribution < -0.4 is 16.1 Å². The van der Waals surface area contributed by atoms with E-state index >= 15 is 0 Å². The molecule has 0 saturated heterocycles. The Hall–Kier alpha value is -3.82. The highest BCUT2D eigenvalue weighted by Crippen LogP contribution is 2.33. The first-order chi connectivity index (χ1) is 15.7. The van der Waals surface area contributed by atoms with Crippen LogP contribution in [-0.4, -0.2) is 29.1 Å². The van der Waals surface area contributed by atoms with Gasteiger partial charge in [-0.25, -0.2) is 0 Å². The van der Waals surface area contributed by atoms with Crippen molar-refractivity contribution in [1.29, 1.82) is 0 Å². The molecule has 0 unspecified atom stereocenters. The number of carbonyl (C=O) groups excluding carboxylic acids is 2. The van der Waals surface area contributed by atoms with E-state index in [2.05, 4.69) is 5.32 Å². The van der Waals surface area contributed by atoms with Crippen LogP contribution >= 0.6 is 0 Å². The Morgan fingerprint density at radius 2 is 1.70 bits per heavy atom. The molecule has 33 heavy (non-hydrogen) atoms. The van der Waals surface area contributed by atoms with E-state index in [0.717, 1.165) is 24.1 Å². The molecule has 174 valence electrons. The SMILES string of the molecule is CCNC(=O)c1cn(CCc2ccccc2)cc(C(=O)N[C@H](c2ccco2)C(F)(F)F)c1=O. The number of hydrogen-bond acceptors (Lipinski definition) is 4. The quantitative estimate of drug-likeness (QED) is 0.537. The van der Waals surface area contributed by atoms with E-state index in [1.165, 1.54) is 16.8 Å². The number of aromatic nitrogens is 1. The van der Waals surface area contributed by atoms with Crippen molar-refractivity contribution in [2.45, 2.75) is 32.1 Å². The summed E-state index contributed by atoms with van der Waals surface area (Å²) in [5.74, 6) is -2.51. The molecule has 1 atom stereocenters. The van der Waals surface area contributed by atoms with Gasteiger partial charge in [0, 0.05) is 25.5 Å². The predicted octanol–water partition coefficient (Wildman–Crippen LogP) is 3.47. The van der Waals surface area contributed by atoms with E-state index < -0.39 is 40.8 Å². The smallest absolute Gasteiger partial charge is 0.415 e. The summed E-state index contributed by atoms with van der Waals surface area (Å²) >= 11 is 0. The zero-order valence-electron chi connectivity index (χ0n) is 17.7. The highest BCUT2D eigenvalue weighted by Gasteiger charge is 2.44. The van der Waals surface area contributed by atoms with E-state index in [1.54, 1.807) is 6.92 Å². The molecule has 0 aliphatic rings. The number of carbonyl (C=O) groups is 2. The van der Waals surface area contributed by atoms with Gasteiger partial charge in [0.1, 0.15) is 16.9 Å². The van der Waals surface area contributed by atoms with Crippen molar-refractivity contribution in [2.24, 2.45) is 0 Å². The molecule has 10 heteroatoms. The first-order valence-electron chi connectivity index (χ1n) is 10.2. The maximum atomic E-state index is 13.5. The first kappa shape index (κ1) is 23.8. The van der Waals surface area contributed by atoms with Crippen LogP contribution in [0.4, 0.5) is 13.2 Å². The minimum atomic E-state index is -4.86. The molecule has 2 N–H and O–H groups in total. The number of amides is 2. The number of alkyl halides is 3. The largest absolute Gasteiger partial charge is 0.467 e.